The monoisotopic (exact) mass is 335 g/mol. The molecular formula is C21H25N3O. The molecular weight excluding hydrogens is 310 g/mol. The minimum atomic E-state index is -0.0409. The Morgan fingerprint density at radius 2 is 1.80 bits per heavy atom. The topological polar surface area (TPSA) is 44.4 Å². The molecule has 130 valence electrons. The first-order valence-electron chi connectivity index (χ1n) is 9.18. The van der Waals surface area contributed by atoms with Gasteiger partial charge in [0.25, 0.3) is 0 Å². The first-order valence-corrected chi connectivity index (χ1v) is 9.18. The normalized spacial score (nSPS) is 22.1. The molecule has 0 radical (unpaired) electrons. The quantitative estimate of drug-likeness (QED) is 0.882. The molecule has 4 rings (SSSR count). The van der Waals surface area contributed by atoms with Crippen molar-refractivity contribution in [2.75, 3.05) is 19.6 Å². The van der Waals surface area contributed by atoms with Gasteiger partial charge in [-0.3, -0.25) is 4.90 Å². The zero-order valence-electron chi connectivity index (χ0n) is 14.4. The van der Waals surface area contributed by atoms with Crippen LogP contribution in [-0.4, -0.2) is 36.6 Å². The van der Waals surface area contributed by atoms with Crippen LogP contribution in [0.3, 0.4) is 0 Å². The summed E-state index contributed by atoms with van der Waals surface area (Å²) in [5.41, 5.74) is 4.20. The number of nitrogens with zero attached hydrogens (tertiary/aromatic N) is 1. The van der Waals surface area contributed by atoms with E-state index in [2.05, 4.69) is 64.1 Å². The summed E-state index contributed by atoms with van der Waals surface area (Å²) in [6, 6.07) is 19.3. The second kappa shape index (κ2) is 7.28. The number of hydrogen-bond acceptors (Lipinski definition) is 2. The number of benzene rings is 2. The Balaban J connectivity index is 1.17. The molecule has 2 unspecified atom stereocenters. The summed E-state index contributed by atoms with van der Waals surface area (Å²) in [5, 5.41) is 6.09. The molecule has 1 aliphatic carbocycles. The van der Waals surface area contributed by atoms with Gasteiger partial charge in [0.2, 0.25) is 0 Å². The zero-order chi connectivity index (χ0) is 17.1. The maximum absolute atomic E-state index is 12.1. The van der Waals surface area contributed by atoms with Crippen LogP contribution in [0.15, 0.2) is 54.6 Å². The minimum absolute atomic E-state index is 0.0409. The molecule has 4 heteroatoms. The zero-order valence-corrected chi connectivity index (χ0v) is 14.4. The molecule has 0 aromatic heterocycles. The Labute approximate surface area is 149 Å². The van der Waals surface area contributed by atoms with Crippen LogP contribution >= 0.6 is 0 Å². The van der Waals surface area contributed by atoms with Gasteiger partial charge < -0.3 is 10.6 Å². The smallest absolute Gasteiger partial charge is 0.315 e. The molecule has 1 saturated carbocycles. The third-order valence-corrected chi connectivity index (χ3v) is 5.26. The van der Waals surface area contributed by atoms with Gasteiger partial charge in [-0.15, -0.1) is 0 Å². The van der Waals surface area contributed by atoms with Gasteiger partial charge in [-0.2, -0.15) is 0 Å². The lowest BCUT2D eigenvalue weighted by Crippen LogP contribution is -2.42. The fourth-order valence-electron chi connectivity index (χ4n) is 3.72. The lowest BCUT2D eigenvalue weighted by atomic mass is 10.00. The number of rotatable bonds is 5. The predicted octanol–water partition coefficient (Wildman–Crippen LogP) is 2.90. The van der Waals surface area contributed by atoms with E-state index in [1.807, 2.05) is 6.07 Å². The highest BCUT2D eigenvalue weighted by Crippen LogP contribution is 2.40. The molecule has 0 spiro atoms. The van der Waals surface area contributed by atoms with E-state index in [1.54, 1.807) is 0 Å². The Morgan fingerprint density at radius 1 is 1.04 bits per heavy atom. The summed E-state index contributed by atoms with van der Waals surface area (Å²) in [7, 11) is 0. The summed E-state index contributed by atoms with van der Waals surface area (Å²) < 4.78 is 0. The van der Waals surface area contributed by atoms with Gasteiger partial charge in [0.05, 0.1) is 0 Å². The Hall–Kier alpha value is -2.33. The van der Waals surface area contributed by atoms with Gasteiger partial charge in [-0.1, -0.05) is 54.6 Å². The number of fused-ring (bicyclic) bond motifs is 1. The molecule has 1 heterocycles. The summed E-state index contributed by atoms with van der Waals surface area (Å²) in [6.45, 7) is 3.64. The Morgan fingerprint density at radius 3 is 2.64 bits per heavy atom. The molecule has 25 heavy (non-hydrogen) atoms. The minimum Gasteiger partial charge on any atom is -0.337 e. The highest BCUT2D eigenvalue weighted by atomic mass is 16.2. The second-order valence-corrected chi connectivity index (χ2v) is 7.05. The number of urea groups is 1. The standard InChI is InChI=1S/C21H25N3O/c25-21(23-20-14-19(20)17-7-2-1-3-8-17)22-11-13-24-12-10-16-6-4-5-9-18(16)15-24/h1-9,19-20H,10-15H2,(H2,22,23,25). The number of carbonyl (C=O) groups excluding carboxylic acids is 1. The van der Waals surface area contributed by atoms with Crippen molar-refractivity contribution in [3.05, 3.63) is 71.3 Å². The fraction of sp³-hybridized carbons (Fsp3) is 0.381. The van der Waals surface area contributed by atoms with Gasteiger partial charge in [-0.05, 0) is 29.5 Å². The van der Waals surface area contributed by atoms with E-state index in [4.69, 9.17) is 0 Å². The molecule has 2 amide bonds. The number of nitrogens with one attached hydrogen (secondary N) is 2. The van der Waals surface area contributed by atoms with Crippen molar-refractivity contribution in [2.45, 2.75) is 31.3 Å². The van der Waals surface area contributed by atoms with Crippen molar-refractivity contribution >= 4 is 6.03 Å². The Kier molecular flexibility index (Phi) is 4.70. The average Bonchev–Trinajstić information content (AvgIpc) is 3.41. The average molecular weight is 335 g/mol. The summed E-state index contributed by atoms with van der Waals surface area (Å²) in [4.78, 5) is 14.5. The fourth-order valence-corrected chi connectivity index (χ4v) is 3.72. The summed E-state index contributed by atoms with van der Waals surface area (Å²) in [6.07, 6.45) is 2.14. The van der Waals surface area contributed by atoms with Gasteiger partial charge in [0, 0.05) is 38.1 Å². The molecule has 1 fully saturated rings. The van der Waals surface area contributed by atoms with E-state index < -0.39 is 0 Å². The van der Waals surface area contributed by atoms with Crippen molar-refractivity contribution in [1.29, 1.82) is 0 Å². The van der Waals surface area contributed by atoms with E-state index >= 15 is 0 Å². The lowest BCUT2D eigenvalue weighted by molar-refractivity contribution is 0.230. The SMILES string of the molecule is O=C(NCCN1CCc2ccccc2C1)NC1CC1c1ccccc1. The molecule has 2 aliphatic rings. The highest BCUT2D eigenvalue weighted by Gasteiger charge is 2.39. The second-order valence-electron chi connectivity index (χ2n) is 7.05. The van der Waals surface area contributed by atoms with E-state index in [0.29, 0.717) is 12.5 Å². The largest absolute Gasteiger partial charge is 0.337 e. The van der Waals surface area contributed by atoms with Crippen molar-refractivity contribution < 1.29 is 4.79 Å². The van der Waals surface area contributed by atoms with Crippen LogP contribution < -0.4 is 10.6 Å². The molecule has 0 saturated heterocycles. The van der Waals surface area contributed by atoms with E-state index in [1.165, 1.54) is 16.7 Å². The van der Waals surface area contributed by atoms with Crippen LogP contribution in [0.1, 0.15) is 29.0 Å². The lowest BCUT2D eigenvalue weighted by Gasteiger charge is -2.28. The maximum atomic E-state index is 12.1. The van der Waals surface area contributed by atoms with Gasteiger partial charge >= 0.3 is 6.03 Å². The van der Waals surface area contributed by atoms with Gasteiger partial charge in [0.1, 0.15) is 0 Å². The third-order valence-electron chi connectivity index (χ3n) is 5.26. The molecule has 2 aromatic rings. The predicted molar refractivity (Wildman–Crippen MR) is 99.5 cm³/mol. The van der Waals surface area contributed by atoms with Gasteiger partial charge in [0.15, 0.2) is 0 Å². The molecule has 0 bridgehead atoms. The van der Waals surface area contributed by atoms with Crippen LogP contribution in [0, 0.1) is 0 Å². The first-order chi connectivity index (χ1) is 12.3. The van der Waals surface area contributed by atoms with E-state index in [-0.39, 0.29) is 12.1 Å². The molecule has 1 aliphatic heterocycles. The third kappa shape index (κ3) is 4.02. The molecule has 2 atom stereocenters. The van der Waals surface area contributed by atoms with Crippen molar-refractivity contribution in [1.82, 2.24) is 15.5 Å². The van der Waals surface area contributed by atoms with Crippen LogP contribution in [0.5, 0.6) is 0 Å². The van der Waals surface area contributed by atoms with Crippen molar-refractivity contribution in [3.8, 4) is 0 Å². The number of hydrogen-bond donors (Lipinski definition) is 2. The number of carbonyl (C=O) groups is 1. The first kappa shape index (κ1) is 16.2. The molecule has 2 N–H and O–H groups in total. The van der Waals surface area contributed by atoms with Crippen molar-refractivity contribution in [3.63, 3.8) is 0 Å². The van der Waals surface area contributed by atoms with Gasteiger partial charge in [-0.25, -0.2) is 4.79 Å². The highest BCUT2D eigenvalue weighted by molar-refractivity contribution is 5.74. The summed E-state index contributed by atoms with van der Waals surface area (Å²) in [5.74, 6) is 0.477. The van der Waals surface area contributed by atoms with E-state index in [9.17, 15) is 4.79 Å². The maximum Gasteiger partial charge on any atom is 0.315 e. The van der Waals surface area contributed by atoms with Crippen molar-refractivity contribution in [2.24, 2.45) is 0 Å². The number of amides is 2. The van der Waals surface area contributed by atoms with Crippen LogP contribution in [0.4, 0.5) is 4.79 Å². The van der Waals surface area contributed by atoms with Crippen LogP contribution in [0.2, 0.25) is 0 Å². The molecule has 4 nitrogen and oxygen atoms in total. The molecule has 2 aromatic carbocycles. The van der Waals surface area contributed by atoms with Crippen LogP contribution in [-0.2, 0) is 13.0 Å². The summed E-state index contributed by atoms with van der Waals surface area (Å²) >= 11 is 0. The van der Waals surface area contributed by atoms with E-state index in [0.717, 1.165) is 32.5 Å². The van der Waals surface area contributed by atoms with Crippen LogP contribution in [0.25, 0.3) is 0 Å². The Bertz CT molecular complexity index is 731.